The molecular weight excluding hydrogens is 294 g/mol. The molecule has 0 aromatic heterocycles. The first-order chi connectivity index (χ1) is 11.0. The van der Waals surface area contributed by atoms with Crippen molar-refractivity contribution in [1.29, 1.82) is 0 Å². The van der Waals surface area contributed by atoms with Crippen molar-refractivity contribution < 1.29 is 8.78 Å². The second-order valence-electron chi connectivity index (χ2n) is 6.27. The van der Waals surface area contributed by atoms with Gasteiger partial charge in [-0.05, 0) is 49.2 Å². The molecule has 0 spiro atoms. The van der Waals surface area contributed by atoms with E-state index in [0.29, 0.717) is 0 Å². The van der Waals surface area contributed by atoms with Crippen LogP contribution in [0.4, 0.5) is 8.78 Å². The van der Waals surface area contributed by atoms with E-state index in [1.165, 1.54) is 24.3 Å². The molecule has 0 aliphatic carbocycles. The van der Waals surface area contributed by atoms with Crippen LogP contribution in [0.15, 0.2) is 48.5 Å². The summed E-state index contributed by atoms with van der Waals surface area (Å²) in [4.78, 5) is 2.37. The van der Waals surface area contributed by atoms with Crippen LogP contribution in [0.3, 0.4) is 0 Å². The summed E-state index contributed by atoms with van der Waals surface area (Å²) in [6, 6.07) is 13.7. The second kappa shape index (κ2) is 6.77. The third-order valence-corrected chi connectivity index (χ3v) is 4.43. The summed E-state index contributed by atoms with van der Waals surface area (Å²) in [5.74, 6) is -0.497. The van der Waals surface area contributed by atoms with Crippen LogP contribution in [0.2, 0.25) is 0 Å². The summed E-state index contributed by atoms with van der Waals surface area (Å²) in [5.41, 5.74) is 2.03. The summed E-state index contributed by atoms with van der Waals surface area (Å²) in [7, 11) is 0. The molecule has 2 atom stereocenters. The van der Waals surface area contributed by atoms with Crippen LogP contribution in [-0.2, 0) is 0 Å². The van der Waals surface area contributed by atoms with Crippen molar-refractivity contribution in [2.45, 2.75) is 32.0 Å². The fourth-order valence-corrected chi connectivity index (χ4v) is 3.21. The van der Waals surface area contributed by atoms with Crippen molar-refractivity contribution in [1.82, 2.24) is 10.2 Å². The summed E-state index contributed by atoms with van der Waals surface area (Å²) in [5, 5.41) is 4.60. The van der Waals surface area contributed by atoms with Gasteiger partial charge in [0.25, 0.3) is 0 Å². The highest BCUT2D eigenvalue weighted by molar-refractivity contribution is 5.32. The quantitative estimate of drug-likeness (QED) is 0.843. The van der Waals surface area contributed by atoms with E-state index in [-0.39, 0.29) is 29.8 Å². The van der Waals surface area contributed by atoms with E-state index in [9.17, 15) is 8.78 Å². The Morgan fingerprint density at radius 2 is 1.39 bits per heavy atom. The molecular formula is C19H21F2N2. The van der Waals surface area contributed by atoms with Gasteiger partial charge in [-0.1, -0.05) is 24.3 Å². The lowest BCUT2D eigenvalue weighted by Crippen LogP contribution is -2.52. The van der Waals surface area contributed by atoms with Crippen LogP contribution in [0.5, 0.6) is 0 Å². The molecule has 2 unspecified atom stereocenters. The highest BCUT2D eigenvalue weighted by atomic mass is 19.1. The van der Waals surface area contributed by atoms with Gasteiger partial charge in [0.2, 0.25) is 0 Å². The van der Waals surface area contributed by atoms with Crippen molar-refractivity contribution in [2.24, 2.45) is 0 Å². The van der Waals surface area contributed by atoms with Gasteiger partial charge in [-0.2, -0.15) is 0 Å². The maximum absolute atomic E-state index is 13.3. The molecule has 23 heavy (non-hydrogen) atoms. The van der Waals surface area contributed by atoms with Crippen LogP contribution in [0.1, 0.15) is 31.0 Å². The Kier molecular flexibility index (Phi) is 4.74. The third-order valence-electron chi connectivity index (χ3n) is 4.43. The van der Waals surface area contributed by atoms with E-state index in [2.05, 4.69) is 24.1 Å². The molecule has 2 aromatic rings. The minimum Gasteiger partial charge on any atom is -0.287 e. The number of hydrogen-bond acceptors (Lipinski definition) is 1. The van der Waals surface area contributed by atoms with Gasteiger partial charge in [0.05, 0.1) is 6.04 Å². The molecule has 1 saturated heterocycles. The van der Waals surface area contributed by atoms with E-state index in [1.54, 1.807) is 0 Å². The molecule has 0 saturated carbocycles. The molecule has 3 rings (SSSR count). The Balaban J connectivity index is 2.01. The first-order valence-electron chi connectivity index (χ1n) is 7.98. The van der Waals surface area contributed by atoms with Gasteiger partial charge in [0.1, 0.15) is 11.6 Å². The SMILES string of the molecule is CC1CN(C(c2ccc(F)cc2)c2ccc(F)cc2)C(C)C[N]1. The number of piperazine rings is 1. The number of benzene rings is 2. The first-order valence-corrected chi connectivity index (χ1v) is 7.98. The molecule has 4 heteroatoms. The maximum atomic E-state index is 13.3. The molecule has 1 fully saturated rings. The van der Waals surface area contributed by atoms with Crippen molar-refractivity contribution in [3.8, 4) is 0 Å². The monoisotopic (exact) mass is 315 g/mol. The van der Waals surface area contributed by atoms with Gasteiger partial charge >= 0.3 is 0 Å². The van der Waals surface area contributed by atoms with Crippen LogP contribution in [-0.4, -0.2) is 30.1 Å². The van der Waals surface area contributed by atoms with Gasteiger partial charge in [0.15, 0.2) is 0 Å². The van der Waals surface area contributed by atoms with Crippen LogP contribution >= 0.6 is 0 Å². The van der Waals surface area contributed by atoms with Gasteiger partial charge < -0.3 is 0 Å². The molecule has 1 heterocycles. The highest BCUT2D eigenvalue weighted by Gasteiger charge is 2.31. The fourth-order valence-electron chi connectivity index (χ4n) is 3.21. The first kappa shape index (κ1) is 16.1. The smallest absolute Gasteiger partial charge is 0.123 e. The van der Waals surface area contributed by atoms with E-state index in [1.807, 2.05) is 24.3 Å². The lowest BCUT2D eigenvalue weighted by molar-refractivity contribution is 0.111. The topological polar surface area (TPSA) is 17.3 Å². The number of rotatable bonds is 3. The van der Waals surface area contributed by atoms with Gasteiger partial charge in [-0.15, -0.1) is 0 Å². The minimum atomic E-state index is -0.248. The Morgan fingerprint density at radius 1 is 0.913 bits per heavy atom. The predicted molar refractivity (Wildman–Crippen MR) is 87.3 cm³/mol. The molecule has 1 radical (unpaired) electrons. The average Bonchev–Trinajstić information content (AvgIpc) is 2.54. The van der Waals surface area contributed by atoms with Crippen LogP contribution < -0.4 is 5.32 Å². The standard InChI is InChI=1S/C19H21F2N2/c1-13-12-23(14(2)11-22-13)19(15-3-7-17(20)8-4-15)16-5-9-18(21)10-6-16/h3-10,13-14,19H,11-12H2,1-2H3. The van der Waals surface area contributed by atoms with Crippen molar-refractivity contribution in [3.63, 3.8) is 0 Å². The largest absolute Gasteiger partial charge is 0.287 e. The average molecular weight is 315 g/mol. The molecule has 121 valence electrons. The molecule has 1 aliphatic rings. The fraction of sp³-hybridized carbons (Fsp3) is 0.368. The predicted octanol–water partition coefficient (Wildman–Crippen LogP) is 3.75. The number of halogens is 2. The zero-order chi connectivity index (χ0) is 16.4. The van der Waals surface area contributed by atoms with Crippen LogP contribution in [0, 0.1) is 11.6 Å². The van der Waals surface area contributed by atoms with Gasteiger partial charge in [-0.3, -0.25) is 4.90 Å². The molecule has 0 bridgehead atoms. The van der Waals surface area contributed by atoms with E-state index >= 15 is 0 Å². The molecule has 2 aromatic carbocycles. The van der Waals surface area contributed by atoms with E-state index < -0.39 is 0 Å². The normalized spacial score (nSPS) is 22.5. The van der Waals surface area contributed by atoms with Gasteiger partial charge in [0, 0.05) is 25.2 Å². The maximum Gasteiger partial charge on any atom is 0.123 e. The molecule has 1 aliphatic heterocycles. The lowest BCUT2D eigenvalue weighted by Gasteiger charge is -2.42. The summed E-state index contributed by atoms with van der Waals surface area (Å²) < 4.78 is 26.6. The Labute approximate surface area is 136 Å². The van der Waals surface area contributed by atoms with Crippen molar-refractivity contribution in [2.75, 3.05) is 13.1 Å². The molecule has 0 N–H and O–H groups in total. The Morgan fingerprint density at radius 3 is 1.87 bits per heavy atom. The summed E-state index contributed by atoms with van der Waals surface area (Å²) in [6.45, 7) is 5.86. The van der Waals surface area contributed by atoms with Crippen molar-refractivity contribution >= 4 is 0 Å². The van der Waals surface area contributed by atoms with E-state index in [0.717, 1.165) is 24.2 Å². The lowest BCUT2D eigenvalue weighted by atomic mass is 9.94. The van der Waals surface area contributed by atoms with Gasteiger partial charge in [-0.25, -0.2) is 14.1 Å². The second-order valence-corrected chi connectivity index (χ2v) is 6.27. The zero-order valence-electron chi connectivity index (χ0n) is 13.4. The van der Waals surface area contributed by atoms with E-state index in [4.69, 9.17) is 0 Å². The number of nitrogens with zero attached hydrogens (tertiary/aromatic N) is 2. The summed E-state index contributed by atoms with van der Waals surface area (Å²) in [6.07, 6.45) is 0. The third kappa shape index (κ3) is 3.59. The molecule has 2 nitrogen and oxygen atoms in total. The van der Waals surface area contributed by atoms with Crippen LogP contribution in [0.25, 0.3) is 0 Å². The minimum absolute atomic E-state index is 0.0239. The van der Waals surface area contributed by atoms with Crippen molar-refractivity contribution in [3.05, 3.63) is 71.3 Å². The zero-order valence-corrected chi connectivity index (χ0v) is 13.4. The Hall–Kier alpha value is -1.78. The number of hydrogen-bond donors (Lipinski definition) is 0. The summed E-state index contributed by atoms with van der Waals surface area (Å²) >= 11 is 0. The highest BCUT2D eigenvalue weighted by Crippen LogP contribution is 2.32. The molecule has 0 amide bonds. The Bertz CT molecular complexity index is 594.